The van der Waals surface area contributed by atoms with Crippen molar-refractivity contribution >= 4 is 22.6 Å². The third-order valence-corrected chi connectivity index (χ3v) is 6.62. The van der Waals surface area contributed by atoms with Gasteiger partial charge < -0.3 is 4.74 Å². The first-order chi connectivity index (χ1) is 16.8. The van der Waals surface area contributed by atoms with Crippen LogP contribution in [0.2, 0.25) is 0 Å². The minimum absolute atomic E-state index is 0.0740. The van der Waals surface area contributed by atoms with Crippen molar-refractivity contribution < 1.29 is 18.7 Å². The average molecular weight is 470 g/mol. The first-order valence-corrected chi connectivity index (χ1v) is 11.5. The molecule has 0 aliphatic heterocycles. The minimum atomic E-state index is -0.912. The highest BCUT2D eigenvalue weighted by Crippen LogP contribution is 2.48. The molecule has 2 heterocycles. The smallest absolute Gasteiger partial charge is 0.249 e. The first-order valence-electron chi connectivity index (χ1n) is 11.5. The van der Waals surface area contributed by atoms with E-state index in [2.05, 4.69) is 15.0 Å². The summed E-state index contributed by atoms with van der Waals surface area (Å²) in [5, 5.41) is 0. The highest BCUT2D eigenvalue weighted by Gasteiger charge is 2.54. The van der Waals surface area contributed by atoms with Crippen LogP contribution >= 0.6 is 0 Å². The highest BCUT2D eigenvalue weighted by molar-refractivity contribution is 6.10. The molecule has 1 saturated carbocycles. The summed E-state index contributed by atoms with van der Waals surface area (Å²) in [4.78, 5) is 39.0. The lowest BCUT2D eigenvalue weighted by atomic mass is 9.88. The molecule has 0 saturated heterocycles. The largest absolute Gasteiger partial charge is 0.437 e. The Hall–Kier alpha value is -4.00. The number of rotatable bonds is 8. The number of carbonyl (C=O) groups excluding carboxylic acids is 2. The van der Waals surface area contributed by atoms with Crippen LogP contribution in [-0.2, 0) is 22.4 Å². The van der Waals surface area contributed by atoms with E-state index >= 15 is 0 Å². The predicted molar refractivity (Wildman–Crippen MR) is 129 cm³/mol. The van der Waals surface area contributed by atoms with Crippen molar-refractivity contribution in [1.82, 2.24) is 15.0 Å². The van der Waals surface area contributed by atoms with Crippen LogP contribution in [0.25, 0.3) is 11.0 Å². The van der Waals surface area contributed by atoms with Gasteiger partial charge in [0.25, 0.3) is 0 Å². The van der Waals surface area contributed by atoms with Crippen molar-refractivity contribution in [1.29, 1.82) is 0 Å². The summed E-state index contributed by atoms with van der Waals surface area (Å²) in [6.45, 7) is 3.90. The molecule has 0 atom stereocenters. The van der Waals surface area contributed by atoms with Crippen LogP contribution in [0.1, 0.15) is 35.2 Å². The zero-order valence-electron chi connectivity index (χ0n) is 19.5. The predicted octanol–water partition coefficient (Wildman–Crippen LogP) is 5.28. The summed E-state index contributed by atoms with van der Waals surface area (Å²) in [7, 11) is 0. The van der Waals surface area contributed by atoms with Crippen LogP contribution in [0, 0.1) is 25.1 Å². The molecule has 1 aliphatic carbocycles. The number of nitrogens with zero attached hydrogens (tertiary/aromatic N) is 3. The Morgan fingerprint density at radius 1 is 0.914 bits per heavy atom. The molecule has 0 amide bonds. The van der Waals surface area contributed by atoms with Crippen LogP contribution in [0.4, 0.5) is 4.39 Å². The number of aromatic nitrogens is 3. The number of ether oxygens (including phenoxy) is 1. The van der Waals surface area contributed by atoms with Gasteiger partial charge in [0.2, 0.25) is 5.88 Å². The minimum Gasteiger partial charge on any atom is -0.437 e. The zero-order valence-corrected chi connectivity index (χ0v) is 19.5. The Kier molecular flexibility index (Phi) is 5.84. The number of pyridine rings is 1. The van der Waals surface area contributed by atoms with E-state index in [-0.39, 0.29) is 30.2 Å². The number of aryl methyl sites for hydroxylation is 2. The van der Waals surface area contributed by atoms with Gasteiger partial charge in [0.15, 0.2) is 17.1 Å². The van der Waals surface area contributed by atoms with Crippen molar-refractivity contribution in [2.45, 2.75) is 39.5 Å². The van der Waals surface area contributed by atoms with Gasteiger partial charge in [0.1, 0.15) is 17.9 Å². The van der Waals surface area contributed by atoms with Gasteiger partial charge >= 0.3 is 0 Å². The molecule has 0 spiro atoms. The van der Waals surface area contributed by atoms with Crippen molar-refractivity contribution in [3.05, 3.63) is 89.1 Å². The molecular formula is C28H24FN3O3. The van der Waals surface area contributed by atoms with Gasteiger partial charge in [-0.25, -0.2) is 14.4 Å². The number of hydrogen-bond acceptors (Lipinski definition) is 6. The van der Waals surface area contributed by atoms with Crippen molar-refractivity contribution in [3.63, 3.8) is 0 Å². The normalized spacial score (nSPS) is 14.0. The molecule has 1 fully saturated rings. The molecule has 4 aromatic rings. The van der Waals surface area contributed by atoms with Gasteiger partial charge in [-0.1, -0.05) is 24.3 Å². The number of halogens is 1. The first kappa shape index (κ1) is 22.8. The van der Waals surface area contributed by atoms with Gasteiger partial charge in [-0.3, -0.25) is 9.59 Å². The molecule has 0 N–H and O–H groups in total. The molecule has 2 aromatic carbocycles. The Morgan fingerprint density at radius 2 is 1.51 bits per heavy atom. The second-order valence-electron chi connectivity index (χ2n) is 9.09. The molecule has 7 heteroatoms. The Balaban J connectivity index is 1.26. The van der Waals surface area contributed by atoms with Gasteiger partial charge in [-0.05, 0) is 73.7 Å². The summed E-state index contributed by atoms with van der Waals surface area (Å²) in [5.41, 5.74) is 3.83. The fourth-order valence-corrected chi connectivity index (χ4v) is 4.16. The van der Waals surface area contributed by atoms with Crippen LogP contribution in [0.5, 0.6) is 11.6 Å². The Morgan fingerprint density at radius 3 is 2.11 bits per heavy atom. The van der Waals surface area contributed by atoms with Crippen molar-refractivity contribution in [2.24, 2.45) is 5.41 Å². The number of carbonyl (C=O) groups is 2. The highest BCUT2D eigenvalue weighted by atomic mass is 19.1. The fourth-order valence-electron chi connectivity index (χ4n) is 4.16. The zero-order chi connectivity index (χ0) is 24.6. The summed E-state index contributed by atoms with van der Waals surface area (Å²) in [6.07, 6.45) is 2.89. The number of fused-ring (bicyclic) bond motifs is 1. The maximum atomic E-state index is 13.1. The fraction of sp³-hybridized carbons (Fsp3) is 0.250. The van der Waals surface area contributed by atoms with Crippen molar-refractivity contribution in [2.75, 3.05) is 0 Å². The maximum absolute atomic E-state index is 13.1. The van der Waals surface area contributed by atoms with E-state index < -0.39 is 5.41 Å². The molecule has 1 aliphatic rings. The van der Waals surface area contributed by atoms with E-state index in [1.54, 1.807) is 24.3 Å². The molecular weight excluding hydrogens is 445 g/mol. The molecule has 0 radical (unpaired) electrons. The third kappa shape index (κ3) is 4.67. The monoisotopic (exact) mass is 469 g/mol. The SMILES string of the molecule is Cc1cc2ncnc(Oc3ccc(CC(=O)C4(C(=O)Cc5ccc(F)cc5)CC4)cc3)c2nc1C. The van der Waals surface area contributed by atoms with Gasteiger partial charge in [-0.15, -0.1) is 0 Å². The van der Waals surface area contributed by atoms with Crippen LogP contribution in [0.3, 0.4) is 0 Å². The molecule has 6 nitrogen and oxygen atoms in total. The number of benzene rings is 2. The van der Waals surface area contributed by atoms with Gasteiger partial charge in [0, 0.05) is 18.5 Å². The second-order valence-corrected chi connectivity index (χ2v) is 9.09. The van der Waals surface area contributed by atoms with E-state index in [1.807, 2.05) is 32.0 Å². The third-order valence-electron chi connectivity index (χ3n) is 6.62. The molecule has 5 rings (SSSR count). The standard InChI is InChI=1S/C28H24FN3O3/c1-17-13-23-26(32-18(17)2)27(31-16-30-23)35-22-9-5-20(6-10-22)15-25(34)28(11-12-28)24(33)14-19-3-7-21(29)8-4-19/h3-10,13,16H,11-12,14-15H2,1-2H3. The molecule has 35 heavy (non-hydrogen) atoms. The van der Waals surface area contributed by atoms with E-state index in [9.17, 15) is 14.0 Å². The number of Topliss-reactive ketones (excluding diaryl/α,β-unsaturated/α-hetero) is 2. The van der Waals surface area contributed by atoms with Crippen LogP contribution in [0.15, 0.2) is 60.9 Å². The van der Waals surface area contributed by atoms with Crippen LogP contribution in [-0.4, -0.2) is 26.5 Å². The topological polar surface area (TPSA) is 82.0 Å². The second kappa shape index (κ2) is 8.98. The van der Waals surface area contributed by atoms with Crippen molar-refractivity contribution in [3.8, 4) is 11.6 Å². The van der Waals surface area contributed by atoms with E-state index in [0.29, 0.717) is 41.1 Å². The van der Waals surface area contributed by atoms with Crippen LogP contribution < -0.4 is 4.74 Å². The quantitative estimate of drug-likeness (QED) is 0.327. The molecule has 176 valence electrons. The van der Waals surface area contributed by atoms with Gasteiger partial charge in [0.05, 0.1) is 10.9 Å². The summed E-state index contributed by atoms with van der Waals surface area (Å²) < 4.78 is 19.1. The lowest BCUT2D eigenvalue weighted by Gasteiger charge is -2.13. The lowest BCUT2D eigenvalue weighted by molar-refractivity contribution is -0.133. The summed E-state index contributed by atoms with van der Waals surface area (Å²) in [5.74, 6) is 0.415. The Labute approximate surface area is 202 Å². The van der Waals surface area contributed by atoms with E-state index in [0.717, 1.165) is 16.8 Å². The Bertz CT molecular complexity index is 1430. The summed E-state index contributed by atoms with van der Waals surface area (Å²) in [6, 6.07) is 15.0. The van der Waals surface area contributed by atoms with E-state index in [4.69, 9.17) is 4.74 Å². The number of ketones is 2. The lowest BCUT2D eigenvalue weighted by Crippen LogP contribution is -2.28. The molecule has 0 bridgehead atoms. The summed E-state index contributed by atoms with van der Waals surface area (Å²) >= 11 is 0. The molecule has 2 aromatic heterocycles. The average Bonchev–Trinajstić information content (AvgIpc) is 3.65. The number of hydrogen-bond donors (Lipinski definition) is 0. The van der Waals surface area contributed by atoms with E-state index in [1.165, 1.54) is 18.5 Å². The molecule has 0 unspecified atom stereocenters. The maximum Gasteiger partial charge on any atom is 0.249 e. The van der Waals surface area contributed by atoms with Gasteiger partial charge in [-0.2, -0.15) is 4.98 Å².